The number of fused-ring (bicyclic) bond motifs is 1. The summed E-state index contributed by atoms with van der Waals surface area (Å²) in [7, 11) is 0. The fraction of sp³-hybridized carbons (Fsp3) is 0.333. The Kier molecular flexibility index (Phi) is 1.46. The molecule has 0 saturated carbocycles. The van der Waals surface area contributed by atoms with Crippen LogP contribution in [0.1, 0.15) is 6.92 Å². The minimum absolute atomic E-state index is 0.303. The van der Waals surface area contributed by atoms with Crippen LogP contribution in [0.3, 0.4) is 0 Å². The first-order valence-corrected chi connectivity index (χ1v) is 3.79. The molecule has 2 heterocycles. The molecule has 0 aromatic carbocycles. The molecule has 2 nitrogen and oxygen atoms in total. The third kappa shape index (κ3) is 1.16. The summed E-state index contributed by atoms with van der Waals surface area (Å²) >= 11 is 0. The van der Waals surface area contributed by atoms with Gasteiger partial charge in [0.15, 0.2) is 0 Å². The van der Waals surface area contributed by atoms with Crippen LogP contribution in [0.25, 0.3) is 0 Å². The van der Waals surface area contributed by atoms with Crippen molar-refractivity contribution in [1.29, 1.82) is 0 Å². The minimum atomic E-state index is 0.303. The monoisotopic (exact) mass is 146 g/mol. The van der Waals surface area contributed by atoms with Gasteiger partial charge in [-0.1, -0.05) is 6.08 Å². The molecule has 2 heteroatoms. The summed E-state index contributed by atoms with van der Waals surface area (Å²) in [6, 6.07) is 0.303. The second-order valence-electron chi connectivity index (χ2n) is 2.84. The zero-order valence-electron chi connectivity index (χ0n) is 6.44. The van der Waals surface area contributed by atoms with E-state index in [4.69, 9.17) is 0 Å². The first-order chi connectivity index (χ1) is 5.36. The highest BCUT2D eigenvalue weighted by Crippen LogP contribution is 2.17. The van der Waals surface area contributed by atoms with Crippen LogP contribution in [0, 0.1) is 5.92 Å². The molecule has 0 aliphatic carbocycles. The highest BCUT2D eigenvalue weighted by atomic mass is 14.8. The van der Waals surface area contributed by atoms with Gasteiger partial charge in [0.05, 0.1) is 6.04 Å². The van der Waals surface area contributed by atoms with Crippen LogP contribution in [0.5, 0.6) is 0 Å². The van der Waals surface area contributed by atoms with Gasteiger partial charge in [0.2, 0.25) is 0 Å². The lowest BCUT2D eigenvalue weighted by Crippen LogP contribution is -2.22. The Bertz CT molecular complexity index is 271. The standard InChI is InChI=1S/C9H10N2/c1-7-2-3-8-6-10-5-4-9(8)11-7/h2-6,8-9H,1H3. The molecule has 2 aliphatic rings. The summed E-state index contributed by atoms with van der Waals surface area (Å²) in [5.74, 6) is 0.392. The Morgan fingerprint density at radius 3 is 3.18 bits per heavy atom. The van der Waals surface area contributed by atoms with Crippen molar-refractivity contribution in [2.24, 2.45) is 15.9 Å². The lowest BCUT2D eigenvalue weighted by molar-refractivity contribution is 0.720. The smallest absolute Gasteiger partial charge is 0.0813 e. The first kappa shape index (κ1) is 6.53. The molecule has 0 aromatic rings. The molecule has 0 spiro atoms. The van der Waals surface area contributed by atoms with E-state index in [1.54, 1.807) is 0 Å². The fourth-order valence-corrected chi connectivity index (χ4v) is 1.32. The van der Waals surface area contributed by atoms with E-state index in [1.165, 1.54) is 0 Å². The lowest BCUT2D eigenvalue weighted by atomic mass is 9.96. The average Bonchev–Trinajstić information content (AvgIpc) is 2.04. The fourth-order valence-electron chi connectivity index (χ4n) is 1.32. The van der Waals surface area contributed by atoms with Gasteiger partial charge in [-0.05, 0) is 19.1 Å². The van der Waals surface area contributed by atoms with Crippen LogP contribution in [0.15, 0.2) is 34.4 Å². The third-order valence-electron chi connectivity index (χ3n) is 1.93. The van der Waals surface area contributed by atoms with Crippen LogP contribution in [-0.4, -0.2) is 18.0 Å². The molecule has 0 amide bonds. The molecule has 0 bridgehead atoms. The van der Waals surface area contributed by atoms with E-state index in [-0.39, 0.29) is 0 Å². The largest absolute Gasteiger partial charge is 0.282 e. The molecule has 2 unspecified atom stereocenters. The van der Waals surface area contributed by atoms with Crippen molar-refractivity contribution in [3.8, 4) is 0 Å². The van der Waals surface area contributed by atoms with Crippen molar-refractivity contribution in [1.82, 2.24) is 0 Å². The summed E-state index contributed by atoms with van der Waals surface area (Å²) in [4.78, 5) is 8.52. The van der Waals surface area contributed by atoms with Crippen molar-refractivity contribution in [2.75, 3.05) is 0 Å². The van der Waals surface area contributed by atoms with Gasteiger partial charge in [-0.3, -0.25) is 9.98 Å². The van der Waals surface area contributed by atoms with E-state index in [1.807, 2.05) is 31.5 Å². The number of hydrogen-bond acceptors (Lipinski definition) is 2. The number of aliphatic imine (C=N–C) groups is 2. The molecule has 2 atom stereocenters. The molecule has 0 aromatic heterocycles. The second-order valence-corrected chi connectivity index (χ2v) is 2.84. The summed E-state index contributed by atoms with van der Waals surface area (Å²) < 4.78 is 0. The summed E-state index contributed by atoms with van der Waals surface area (Å²) in [6.07, 6.45) is 10.00. The summed E-state index contributed by atoms with van der Waals surface area (Å²) in [6.45, 7) is 2.02. The van der Waals surface area contributed by atoms with Gasteiger partial charge in [-0.15, -0.1) is 0 Å². The van der Waals surface area contributed by atoms with Gasteiger partial charge in [-0.2, -0.15) is 0 Å². The van der Waals surface area contributed by atoms with E-state index in [9.17, 15) is 0 Å². The Balaban J connectivity index is 2.29. The average molecular weight is 146 g/mol. The number of nitrogens with zero attached hydrogens (tertiary/aromatic N) is 2. The molecule has 11 heavy (non-hydrogen) atoms. The van der Waals surface area contributed by atoms with Crippen LogP contribution >= 0.6 is 0 Å². The normalized spacial score (nSPS) is 33.4. The number of hydrogen-bond donors (Lipinski definition) is 0. The molecular weight excluding hydrogens is 136 g/mol. The van der Waals surface area contributed by atoms with Crippen molar-refractivity contribution < 1.29 is 0 Å². The molecular formula is C9H10N2. The highest BCUT2D eigenvalue weighted by Gasteiger charge is 2.18. The second kappa shape index (κ2) is 2.46. The lowest BCUT2D eigenvalue weighted by Gasteiger charge is -2.20. The molecule has 56 valence electrons. The van der Waals surface area contributed by atoms with E-state index < -0.39 is 0 Å². The Labute approximate surface area is 66.1 Å². The van der Waals surface area contributed by atoms with Crippen LogP contribution in [0.2, 0.25) is 0 Å². The quantitative estimate of drug-likeness (QED) is 0.496. The Hall–Kier alpha value is -1.18. The van der Waals surface area contributed by atoms with Gasteiger partial charge in [0, 0.05) is 24.0 Å². The first-order valence-electron chi connectivity index (χ1n) is 3.79. The number of dihydropyridines is 1. The number of allylic oxidation sites excluding steroid dienone is 1. The predicted molar refractivity (Wildman–Crippen MR) is 47.2 cm³/mol. The predicted octanol–water partition coefficient (Wildman–Crippen LogP) is 1.60. The molecule has 2 rings (SSSR count). The van der Waals surface area contributed by atoms with Crippen molar-refractivity contribution in [2.45, 2.75) is 13.0 Å². The third-order valence-corrected chi connectivity index (χ3v) is 1.93. The minimum Gasteiger partial charge on any atom is -0.282 e. The molecule has 0 N–H and O–H groups in total. The zero-order valence-corrected chi connectivity index (χ0v) is 6.44. The van der Waals surface area contributed by atoms with E-state index in [0.29, 0.717) is 12.0 Å². The van der Waals surface area contributed by atoms with Crippen molar-refractivity contribution >= 4 is 11.9 Å². The topological polar surface area (TPSA) is 24.7 Å². The maximum Gasteiger partial charge on any atom is 0.0813 e. The highest BCUT2D eigenvalue weighted by molar-refractivity contribution is 5.94. The van der Waals surface area contributed by atoms with Gasteiger partial charge in [0.25, 0.3) is 0 Å². The SMILES string of the molecule is CC1=NC2C=CN=CC2C=C1. The molecule has 0 saturated heterocycles. The van der Waals surface area contributed by atoms with E-state index >= 15 is 0 Å². The molecule has 0 radical (unpaired) electrons. The molecule has 2 aliphatic heterocycles. The zero-order chi connectivity index (χ0) is 7.68. The van der Waals surface area contributed by atoms with Gasteiger partial charge >= 0.3 is 0 Å². The molecule has 0 fully saturated rings. The Morgan fingerprint density at radius 1 is 1.36 bits per heavy atom. The van der Waals surface area contributed by atoms with Gasteiger partial charge in [0.1, 0.15) is 0 Å². The maximum atomic E-state index is 4.46. The number of rotatable bonds is 0. The van der Waals surface area contributed by atoms with Crippen LogP contribution < -0.4 is 0 Å². The van der Waals surface area contributed by atoms with Crippen LogP contribution in [-0.2, 0) is 0 Å². The summed E-state index contributed by atoms with van der Waals surface area (Å²) in [5.41, 5.74) is 1.10. The van der Waals surface area contributed by atoms with Crippen LogP contribution in [0.4, 0.5) is 0 Å². The maximum absolute atomic E-state index is 4.46. The Morgan fingerprint density at radius 2 is 2.27 bits per heavy atom. The van der Waals surface area contributed by atoms with E-state index in [0.717, 1.165) is 5.71 Å². The van der Waals surface area contributed by atoms with E-state index in [2.05, 4.69) is 16.1 Å². The van der Waals surface area contributed by atoms with Gasteiger partial charge in [-0.25, -0.2) is 0 Å². The van der Waals surface area contributed by atoms with Gasteiger partial charge < -0.3 is 0 Å². The van der Waals surface area contributed by atoms with Crippen molar-refractivity contribution in [3.05, 3.63) is 24.4 Å². The van der Waals surface area contributed by atoms with Crippen molar-refractivity contribution in [3.63, 3.8) is 0 Å². The summed E-state index contributed by atoms with van der Waals surface area (Å²) in [5, 5.41) is 0.